The summed E-state index contributed by atoms with van der Waals surface area (Å²) < 4.78 is 29.1. The topological polar surface area (TPSA) is 66.4 Å². The highest BCUT2D eigenvalue weighted by molar-refractivity contribution is 7.92. The van der Waals surface area contributed by atoms with Gasteiger partial charge in [-0.3, -0.25) is 4.72 Å². The third-order valence-electron chi connectivity index (χ3n) is 5.89. The first-order valence-corrected chi connectivity index (χ1v) is 11.6. The zero-order valence-corrected chi connectivity index (χ0v) is 18.8. The van der Waals surface area contributed by atoms with Crippen LogP contribution in [0.2, 0.25) is 0 Å². The minimum atomic E-state index is -3.80. The van der Waals surface area contributed by atoms with Crippen LogP contribution >= 0.6 is 0 Å². The maximum absolute atomic E-state index is 13.2. The second kappa shape index (κ2) is 7.75. The SMILES string of the molecule is Cc1ccc(S(=O)(=O)Nc2cc(C)c(C)c(C)c2-c2c(O)ccc3ccccc23)cc1. The fourth-order valence-corrected chi connectivity index (χ4v) is 4.99. The molecule has 0 radical (unpaired) electrons. The van der Waals surface area contributed by atoms with Crippen LogP contribution in [-0.2, 0) is 10.0 Å². The number of aromatic hydroxyl groups is 1. The average Bonchev–Trinajstić information content (AvgIpc) is 2.73. The molecule has 0 bridgehead atoms. The molecule has 0 amide bonds. The van der Waals surface area contributed by atoms with Gasteiger partial charge in [0.2, 0.25) is 0 Å². The normalized spacial score (nSPS) is 11.6. The summed E-state index contributed by atoms with van der Waals surface area (Å²) in [5.74, 6) is 0.112. The van der Waals surface area contributed by atoms with Crippen molar-refractivity contribution >= 4 is 26.5 Å². The number of benzene rings is 4. The molecule has 2 N–H and O–H groups in total. The van der Waals surface area contributed by atoms with Crippen molar-refractivity contribution in [2.45, 2.75) is 32.6 Å². The lowest BCUT2D eigenvalue weighted by molar-refractivity contribution is 0.478. The first-order valence-electron chi connectivity index (χ1n) is 10.1. The van der Waals surface area contributed by atoms with Crippen LogP contribution in [0.3, 0.4) is 0 Å². The summed E-state index contributed by atoms with van der Waals surface area (Å²) in [7, 11) is -3.80. The Morgan fingerprint density at radius 3 is 2.16 bits per heavy atom. The lowest BCUT2D eigenvalue weighted by Crippen LogP contribution is -2.14. The van der Waals surface area contributed by atoms with Crippen LogP contribution in [0.15, 0.2) is 71.6 Å². The zero-order valence-electron chi connectivity index (χ0n) is 18.0. The van der Waals surface area contributed by atoms with Gasteiger partial charge < -0.3 is 5.11 Å². The van der Waals surface area contributed by atoms with Gasteiger partial charge in [-0.1, -0.05) is 48.0 Å². The molecule has 158 valence electrons. The quantitative estimate of drug-likeness (QED) is 0.401. The van der Waals surface area contributed by atoms with Crippen LogP contribution < -0.4 is 4.72 Å². The summed E-state index contributed by atoms with van der Waals surface area (Å²) in [6.45, 7) is 7.84. The van der Waals surface area contributed by atoms with Crippen molar-refractivity contribution in [2.75, 3.05) is 4.72 Å². The number of hydrogen-bond acceptors (Lipinski definition) is 3. The summed E-state index contributed by atoms with van der Waals surface area (Å²) in [4.78, 5) is 0.196. The molecule has 0 fully saturated rings. The van der Waals surface area contributed by atoms with Gasteiger partial charge in [0.1, 0.15) is 5.75 Å². The fraction of sp³-hybridized carbons (Fsp3) is 0.154. The van der Waals surface area contributed by atoms with E-state index >= 15 is 0 Å². The molecule has 4 nitrogen and oxygen atoms in total. The first-order chi connectivity index (χ1) is 14.7. The van der Waals surface area contributed by atoms with E-state index < -0.39 is 10.0 Å². The van der Waals surface area contributed by atoms with Crippen molar-refractivity contribution in [3.05, 3.63) is 89.0 Å². The number of aryl methyl sites for hydroxylation is 2. The number of sulfonamides is 1. The standard InChI is InChI=1S/C26H25NO3S/c1-16-9-12-21(13-10-16)31(29,30)27-23-15-17(2)18(3)19(4)25(23)26-22-8-6-5-7-20(22)11-14-24(26)28/h5-15,27-28H,1-4H3. The van der Waals surface area contributed by atoms with Crippen LogP contribution in [0.4, 0.5) is 5.69 Å². The zero-order chi connectivity index (χ0) is 22.3. The van der Waals surface area contributed by atoms with E-state index in [1.807, 2.05) is 64.1 Å². The molecule has 4 rings (SSSR count). The summed E-state index contributed by atoms with van der Waals surface area (Å²) in [6.07, 6.45) is 0. The number of hydrogen-bond donors (Lipinski definition) is 2. The van der Waals surface area contributed by atoms with Gasteiger partial charge in [0.25, 0.3) is 10.0 Å². The monoisotopic (exact) mass is 431 g/mol. The minimum Gasteiger partial charge on any atom is -0.507 e. The van der Waals surface area contributed by atoms with Crippen LogP contribution in [0.25, 0.3) is 21.9 Å². The van der Waals surface area contributed by atoms with Crippen molar-refractivity contribution in [1.29, 1.82) is 0 Å². The lowest BCUT2D eigenvalue weighted by Gasteiger charge is -2.21. The molecule has 0 spiro atoms. The van der Waals surface area contributed by atoms with E-state index in [1.165, 1.54) is 0 Å². The van der Waals surface area contributed by atoms with E-state index in [0.29, 0.717) is 16.8 Å². The highest BCUT2D eigenvalue weighted by atomic mass is 32.2. The maximum Gasteiger partial charge on any atom is 0.261 e. The van der Waals surface area contributed by atoms with Gasteiger partial charge >= 0.3 is 0 Å². The molecular weight excluding hydrogens is 406 g/mol. The van der Waals surface area contributed by atoms with Crippen LogP contribution in [0.1, 0.15) is 22.3 Å². The van der Waals surface area contributed by atoms with E-state index in [4.69, 9.17) is 0 Å². The molecule has 0 heterocycles. The largest absolute Gasteiger partial charge is 0.507 e. The van der Waals surface area contributed by atoms with Crippen LogP contribution in [0, 0.1) is 27.7 Å². The Morgan fingerprint density at radius 2 is 1.45 bits per heavy atom. The Labute approximate surface area is 183 Å². The molecule has 31 heavy (non-hydrogen) atoms. The van der Waals surface area contributed by atoms with Crippen LogP contribution in [-0.4, -0.2) is 13.5 Å². The number of phenolic OH excluding ortho intramolecular Hbond substituents is 1. The van der Waals surface area contributed by atoms with Crippen molar-refractivity contribution in [3.63, 3.8) is 0 Å². The Bertz CT molecular complexity index is 1410. The number of fused-ring (bicyclic) bond motifs is 1. The van der Waals surface area contributed by atoms with Crippen LogP contribution in [0.5, 0.6) is 5.75 Å². The molecule has 5 heteroatoms. The predicted molar refractivity (Wildman–Crippen MR) is 127 cm³/mol. The molecular formula is C26H25NO3S. The first kappa shape index (κ1) is 20.9. The highest BCUT2D eigenvalue weighted by Crippen LogP contribution is 2.44. The summed E-state index contributed by atoms with van der Waals surface area (Å²) in [5, 5.41) is 12.7. The molecule has 0 aliphatic heterocycles. The van der Waals surface area contributed by atoms with Crippen molar-refractivity contribution in [1.82, 2.24) is 0 Å². The van der Waals surface area contributed by atoms with Crippen molar-refractivity contribution in [2.24, 2.45) is 0 Å². The van der Waals surface area contributed by atoms with E-state index in [1.54, 1.807) is 30.3 Å². The molecule has 4 aromatic rings. The molecule has 0 atom stereocenters. The van der Waals surface area contributed by atoms with E-state index in [9.17, 15) is 13.5 Å². The third-order valence-corrected chi connectivity index (χ3v) is 7.27. The Morgan fingerprint density at radius 1 is 0.774 bits per heavy atom. The average molecular weight is 432 g/mol. The Hall–Kier alpha value is -3.31. The molecule has 0 aliphatic rings. The number of phenols is 1. The van der Waals surface area contributed by atoms with Gasteiger partial charge in [0, 0.05) is 11.1 Å². The maximum atomic E-state index is 13.2. The fourth-order valence-electron chi connectivity index (χ4n) is 3.93. The molecule has 0 aromatic heterocycles. The summed E-state index contributed by atoms with van der Waals surface area (Å²) in [5.41, 5.74) is 5.71. The van der Waals surface area contributed by atoms with Gasteiger partial charge in [-0.15, -0.1) is 0 Å². The van der Waals surface area contributed by atoms with Gasteiger partial charge in [-0.05, 0) is 79.4 Å². The van der Waals surface area contributed by atoms with Gasteiger partial charge in [-0.25, -0.2) is 8.42 Å². The second-order valence-electron chi connectivity index (χ2n) is 7.97. The molecule has 4 aromatic carbocycles. The number of anilines is 1. The molecule has 0 saturated heterocycles. The minimum absolute atomic E-state index is 0.112. The van der Waals surface area contributed by atoms with Gasteiger partial charge in [0.15, 0.2) is 0 Å². The van der Waals surface area contributed by atoms with Gasteiger partial charge in [-0.2, -0.15) is 0 Å². The smallest absolute Gasteiger partial charge is 0.261 e. The van der Waals surface area contributed by atoms with E-state index in [-0.39, 0.29) is 10.6 Å². The lowest BCUT2D eigenvalue weighted by atomic mass is 9.89. The molecule has 0 saturated carbocycles. The van der Waals surface area contributed by atoms with Crippen molar-refractivity contribution in [3.8, 4) is 16.9 Å². The molecule has 0 aliphatic carbocycles. The van der Waals surface area contributed by atoms with Gasteiger partial charge in [0.05, 0.1) is 10.6 Å². The Kier molecular flexibility index (Phi) is 5.23. The second-order valence-corrected chi connectivity index (χ2v) is 9.65. The number of rotatable bonds is 4. The van der Waals surface area contributed by atoms with E-state index in [0.717, 1.165) is 33.0 Å². The number of nitrogens with one attached hydrogen (secondary N) is 1. The van der Waals surface area contributed by atoms with E-state index in [2.05, 4.69) is 4.72 Å². The molecule has 0 unspecified atom stereocenters. The summed E-state index contributed by atoms with van der Waals surface area (Å²) >= 11 is 0. The van der Waals surface area contributed by atoms with Crippen molar-refractivity contribution < 1.29 is 13.5 Å². The predicted octanol–water partition coefficient (Wildman–Crippen LogP) is 6.25. The summed E-state index contributed by atoms with van der Waals surface area (Å²) in [6, 6.07) is 19.9. The highest BCUT2D eigenvalue weighted by Gasteiger charge is 2.22. The third kappa shape index (κ3) is 3.77. The Balaban J connectivity index is 1.98.